The average Bonchev–Trinajstić information content (AvgIpc) is 2.69. The summed E-state index contributed by atoms with van der Waals surface area (Å²) < 4.78 is 0. The van der Waals surface area contributed by atoms with Crippen molar-refractivity contribution in [2.75, 3.05) is 13.1 Å². The third-order valence-corrected chi connectivity index (χ3v) is 4.72. The fraction of sp³-hybridized carbons (Fsp3) is 0.571. The zero-order chi connectivity index (χ0) is 22.0. The van der Waals surface area contributed by atoms with Crippen molar-refractivity contribution >= 4 is 17.6 Å². The first-order valence-corrected chi connectivity index (χ1v) is 10.0. The van der Waals surface area contributed by atoms with E-state index in [1.807, 2.05) is 30.3 Å². The summed E-state index contributed by atoms with van der Waals surface area (Å²) in [5.41, 5.74) is 12.0. The summed E-state index contributed by atoms with van der Waals surface area (Å²) in [4.78, 5) is 37.9. The first kappa shape index (κ1) is 24.7. The van der Waals surface area contributed by atoms with Gasteiger partial charge in [-0.1, -0.05) is 44.2 Å². The summed E-state index contributed by atoms with van der Waals surface area (Å²) in [6.45, 7) is 5.40. The van der Waals surface area contributed by atoms with E-state index >= 15 is 0 Å². The van der Waals surface area contributed by atoms with Crippen LogP contribution in [0.1, 0.15) is 45.1 Å². The van der Waals surface area contributed by atoms with Crippen LogP contribution in [0, 0.1) is 5.92 Å². The number of benzene rings is 1. The first-order chi connectivity index (χ1) is 13.7. The fourth-order valence-electron chi connectivity index (χ4n) is 3.08. The van der Waals surface area contributed by atoms with Crippen LogP contribution in [-0.2, 0) is 14.4 Å². The second-order valence-corrected chi connectivity index (χ2v) is 7.46. The second-order valence-electron chi connectivity index (χ2n) is 7.46. The first-order valence-electron chi connectivity index (χ1n) is 10.0. The van der Waals surface area contributed by atoms with Gasteiger partial charge in [0, 0.05) is 5.92 Å². The molecule has 4 atom stereocenters. The normalized spacial score (nSPS) is 15.3. The maximum Gasteiger partial charge on any atom is 0.245 e. The summed E-state index contributed by atoms with van der Waals surface area (Å²) in [5.74, 6) is -2.01. The smallest absolute Gasteiger partial charge is 0.245 e. The van der Waals surface area contributed by atoms with Crippen molar-refractivity contribution in [3.05, 3.63) is 35.9 Å². The molecule has 2 amide bonds. The average molecular weight is 407 g/mol. The van der Waals surface area contributed by atoms with E-state index in [1.54, 1.807) is 13.8 Å². The molecule has 8 nitrogen and oxygen atoms in total. The van der Waals surface area contributed by atoms with E-state index in [4.69, 9.17) is 11.5 Å². The lowest BCUT2D eigenvalue weighted by Gasteiger charge is -2.27. The van der Waals surface area contributed by atoms with E-state index in [-0.39, 0.29) is 24.7 Å². The summed E-state index contributed by atoms with van der Waals surface area (Å²) >= 11 is 0. The van der Waals surface area contributed by atoms with Crippen LogP contribution in [0.15, 0.2) is 30.3 Å². The number of rotatable bonds is 12. The molecular formula is C21H34N4O4. The highest BCUT2D eigenvalue weighted by atomic mass is 16.3. The Labute approximate surface area is 172 Å². The van der Waals surface area contributed by atoms with Crippen LogP contribution < -0.4 is 22.1 Å². The number of Topliss-reactive ketones (excluding diaryl/α,β-unsaturated/α-hetero) is 1. The van der Waals surface area contributed by atoms with E-state index in [2.05, 4.69) is 10.6 Å². The summed E-state index contributed by atoms with van der Waals surface area (Å²) in [6, 6.07) is 7.15. The fourth-order valence-corrected chi connectivity index (χ4v) is 3.08. The molecule has 29 heavy (non-hydrogen) atoms. The Morgan fingerprint density at radius 3 is 2.00 bits per heavy atom. The predicted octanol–water partition coefficient (Wildman–Crippen LogP) is 0.0433. The van der Waals surface area contributed by atoms with Crippen LogP contribution in [0.2, 0.25) is 0 Å². The number of nitrogens with one attached hydrogen (secondary N) is 2. The van der Waals surface area contributed by atoms with Crippen LogP contribution in [0.4, 0.5) is 0 Å². The highest BCUT2D eigenvalue weighted by Crippen LogP contribution is 2.19. The molecule has 7 N–H and O–H groups in total. The maximum absolute atomic E-state index is 12.9. The molecule has 0 heterocycles. The van der Waals surface area contributed by atoms with Gasteiger partial charge in [-0.2, -0.15) is 0 Å². The number of carbonyl (C=O) groups is 3. The van der Waals surface area contributed by atoms with Crippen molar-refractivity contribution in [2.24, 2.45) is 17.4 Å². The van der Waals surface area contributed by atoms with Crippen LogP contribution >= 0.6 is 0 Å². The number of hydrogen-bond donors (Lipinski definition) is 5. The maximum atomic E-state index is 12.9. The number of aliphatic hydroxyl groups is 1. The molecule has 0 saturated carbocycles. The van der Waals surface area contributed by atoms with E-state index in [0.29, 0.717) is 13.0 Å². The van der Waals surface area contributed by atoms with E-state index < -0.39 is 35.9 Å². The summed E-state index contributed by atoms with van der Waals surface area (Å²) in [6.07, 6.45) is -0.477. The Balaban J connectivity index is 2.96. The van der Waals surface area contributed by atoms with E-state index in [9.17, 15) is 19.5 Å². The van der Waals surface area contributed by atoms with Crippen LogP contribution in [0.5, 0.6) is 0 Å². The Morgan fingerprint density at radius 1 is 0.931 bits per heavy atom. The molecule has 0 saturated heterocycles. The van der Waals surface area contributed by atoms with Crippen molar-refractivity contribution in [1.29, 1.82) is 0 Å². The Kier molecular flexibility index (Phi) is 10.5. The van der Waals surface area contributed by atoms with Gasteiger partial charge in [0.2, 0.25) is 11.8 Å². The van der Waals surface area contributed by atoms with Gasteiger partial charge in [-0.3, -0.25) is 14.4 Å². The lowest BCUT2D eigenvalue weighted by atomic mass is 9.94. The van der Waals surface area contributed by atoms with Gasteiger partial charge < -0.3 is 27.2 Å². The van der Waals surface area contributed by atoms with Crippen molar-refractivity contribution in [2.45, 2.75) is 57.7 Å². The van der Waals surface area contributed by atoms with Gasteiger partial charge in [0.25, 0.3) is 0 Å². The number of carbonyl (C=O) groups excluding carboxylic acids is 3. The van der Waals surface area contributed by atoms with Crippen LogP contribution in [-0.4, -0.2) is 54.0 Å². The van der Waals surface area contributed by atoms with Gasteiger partial charge >= 0.3 is 0 Å². The van der Waals surface area contributed by atoms with Crippen LogP contribution in [0.3, 0.4) is 0 Å². The molecule has 0 aromatic heterocycles. The minimum Gasteiger partial charge on any atom is -0.391 e. The molecular weight excluding hydrogens is 372 g/mol. The number of ketones is 1. The van der Waals surface area contributed by atoms with Crippen molar-refractivity contribution in [3.63, 3.8) is 0 Å². The monoisotopic (exact) mass is 406 g/mol. The Hall–Kier alpha value is -2.29. The highest BCUT2D eigenvalue weighted by molar-refractivity contribution is 5.94. The van der Waals surface area contributed by atoms with Crippen LogP contribution in [0.25, 0.3) is 0 Å². The molecule has 0 aliphatic heterocycles. The summed E-state index contributed by atoms with van der Waals surface area (Å²) in [7, 11) is 0. The molecule has 0 aliphatic carbocycles. The van der Waals surface area contributed by atoms with Gasteiger partial charge in [0.15, 0.2) is 5.78 Å². The molecule has 1 rings (SSSR count). The molecule has 2 unspecified atom stereocenters. The number of aliphatic hydroxyl groups excluding tert-OH is 1. The minimum absolute atomic E-state index is 0.148. The van der Waals surface area contributed by atoms with Crippen molar-refractivity contribution in [1.82, 2.24) is 10.6 Å². The number of amides is 2. The predicted molar refractivity (Wildman–Crippen MR) is 112 cm³/mol. The lowest BCUT2D eigenvalue weighted by molar-refractivity contribution is -0.135. The molecule has 0 spiro atoms. The van der Waals surface area contributed by atoms with Gasteiger partial charge in [0.05, 0.1) is 18.1 Å². The zero-order valence-electron chi connectivity index (χ0n) is 17.4. The molecule has 0 aliphatic rings. The largest absolute Gasteiger partial charge is 0.391 e. The van der Waals surface area contributed by atoms with Gasteiger partial charge in [-0.05, 0) is 38.4 Å². The van der Waals surface area contributed by atoms with E-state index in [0.717, 1.165) is 5.56 Å². The molecule has 162 valence electrons. The summed E-state index contributed by atoms with van der Waals surface area (Å²) in [5, 5.41) is 15.3. The number of hydrogen-bond acceptors (Lipinski definition) is 6. The van der Waals surface area contributed by atoms with Gasteiger partial charge in [-0.25, -0.2) is 0 Å². The lowest BCUT2D eigenvalue weighted by Crippen LogP contribution is -2.57. The molecule has 8 heteroatoms. The van der Waals surface area contributed by atoms with Gasteiger partial charge in [0.1, 0.15) is 6.04 Å². The van der Waals surface area contributed by atoms with Crippen molar-refractivity contribution in [3.8, 4) is 0 Å². The molecule has 1 aromatic rings. The molecule has 0 bridgehead atoms. The standard InChI is InChI=1S/C21H34N4O4/c1-13(2)19(27)17(10-12-23)24-21(29)18(14(3)26)25-20(28)16(9-11-22)15-7-5-4-6-8-15/h4-8,13-14,16-18,26H,9-12,22-23H2,1-3H3,(H,24,29)(H,25,28)/t14?,16?,17-,18-/m0/s1. The van der Waals surface area contributed by atoms with Crippen molar-refractivity contribution < 1.29 is 19.5 Å². The second kappa shape index (κ2) is 12.3. The molecule has 0 radical (unpaired) electrons. The molecule has 1 aromatic carbocycles. The molecule has 0 fully saturated rings. The third kappa shape index (κ3) is 7.56. The minimum atomic E-state index is -1.20. The topological polar surface area (TPSA) is 148 Å². The zero-order valence-corrected chi connectivity index (χ0v) is 17.4. The third-order valence-electron chi connectivity index (χ3n) is 4.72. The highest BCUT2D eigenvalue weighted by Gasteiger charge is 2.32. The Morgan fingerprint density at radius 2 is 1.52 bits per heavy atom. The van der Waals surface area contributed by atoms with E-state index in [1.165, 1.54) is 6.92 Å². The Bertz CT molecular complexity index is 664. The SMILES string of the molecule is CC(C)C(=O)[C@H](CCN)NC(=O)[C@@H](NC(=O)C(CCN)c1ccccc1)C(C)O. The van der Waals surface area contributed by atoms with Gasteiger partial charge in [-0.15, -0.1) is 0 Å². The quantitative estimate of drug-likeness (QED) is 0.331. The number of nitrogens with two attached hydrogens (primary N) is 2.